The van der Waals surface area contributed by atoms with E-state index >= 15 is 0 Å². The second-order valence-electron chi connectivity index (χ2n) is 4.49. The average Bonchev–Trinajstić information content (AvgIpc) is 2.93. The first-order valence-electron chi connectivity index (χ1n) is 6.44. The predicted octanol–water partition coefficient (Wildman–Crippen LogP) is 3.40. The molecule has 3 rings (SSSR count). The van der Waals surface area contributed by atoms with Crippen molar-refractivity contribution in [2.45, 2.75) is 17.7 Å². The van der Waals surface area contributed by atoms with E-state index in [2.05, 4.69) is 15.2 Å². The minimum atomic E-state index is -0.219. The fourth-order valence-electron chi connectivity index (χ4n) is 1.88. The number of rotatable bonds is 4. The van der Waals surface area contributed by atoms with Gasteiger partial charge in [0.05, 0.1) is 0 Å². The van der Waals surface area contributed by atoms with Crippen LogP contribution < -0.4 is 0 Å². The summed E-state index contributed by atoms with van der Waals surface area (Å²) in [6.07, 6.45) is 3.58. The van der Waals surface area contributed by atoms with Crippen LogP contribution in [0.15, 0.2) is 53.8 Å². The van der Waals surface area contributed by atoms with E-state index in [9.17, 15) is 4.39 Å². The third-order valence-electron chi connectivity index (χ3n) is 3.00. The van der Waals surface area contributed by atoms with Crippen molar-refractivity contribution in [2.24, 2.45) is 0 Å². The molecule has 1 aromatic carbocycles. The number of thioether (sulfide) groups is 1. The van der Waals surface area contributed by atoms with Crippen molar-refractivity contribution < 1.29 is 4.39 Å². The zero-order chi connectivity index (χ0) is 14.7. The van der Waals surface area contributed by atoms with Gasteiger partial charge in [-0.1, -0.05) is 23.9 Å². The third kappa shape index (κ3) is 3.28. The first kappa shape index (κ1) is 13.8. The Hall–Kier alpha value is -2.21. The molecule has 6 heteroatoms. The van der Waals surface area contributed by atoms with E-state index < -0.39 is 0 Å². The molecule has 2 heterocycles. The molecular formula is C15H13FN4S. The lowest BCUT2D eigenvalue weighted by atomic mass is 10.2. The maximum atomic E-state index is 12.8. The quantitative estimate of drug-likeness (QED) is 0.693. The van der Waals surface area contributed by atoms with Crippen LogP contribution in [-0.4, -0.2) is 19.7 Å². The lowest BCUT2D eigenvalue weighted by molar-refractivity contribution is 0.627. The Labute approximate surface area is 126 Å². The average molecular weight is 300 g/mol. The molecule has 2 aromatic heterocycles. The largest absolute Gasteiger partial charge is 0.287 e. The molecule has 0 aliphatic carbocycles. The van der Waals surface area contributed by atoms with Gasteiger partial charge in [0.1, 0.15) is 16.7 Å². The number of hydrogen-bond donors (Lipinski definition) is 0. The smallest absolute Gasteiger partial charge is 0.160 e. The number of halogens is 1. The molecule has 0 amide bonds. The molecule has 0 radical (unpaired) electrons. The van der Waals surface area contributed by atoms with Crippen molar-refractivity contribution in [3.8, 4) is 5.82 Å². The highest BCUT2D eigenvalue weighted by molar-refractivity contribution is 7.98. The van der Waals surface area contributed by atoms with E-state index in [0.717, 1.165) is 28.0 Å². The molecule has 0 fully saturated rings. The first-order chi connectivity index (χ1) is 10.2. The summed E-state index contributed by atoms with van der Waals surface area (Å²) in [7, 11) is 0. The van der Waals surface area contributed by atoms with Crippen molar-refractivity contribution in [3.63, 3.8) is 0 Å². The molecule has 0 aliphatic heterocycles. The molecule has 0 atom stereocenters. The van der Waals surface area contributed by atoms with Crippen LogP contribution in [0, 0.1) is 12.7 Å². The van der Waals surface area contributed by atoms with Crippen LogP contribution in [0.1, 0.15) is 11.4 Å². The summed E-state index contributed by atoms with van der Waals surface area (Å²) in [6, 6.07) is 10.3. The highest BCUT2D eigenvalue weighted by Crippen LogP contribution is 2.21. The van der Waals surface area contributed by atoms with Crippen LogP contribution >= 0.6 is 11.8 Å². The SMILES string of the molecule is Cc1nccn1-c1ccc(SCc2ccc(F)cc2)nn1. The molecule has 0 spiro atoms. The van der Waals surface area contributed by atoms with Crippen molar-refractivity contribution >= 4 is 11.8 Å². The molecule has 21 heavy (non-hydrogen) atoms. The maximum absolute atomic E-state index is 12.8. The summed E-state index contributed by atoms with van der Waals surface area (Å²) in [5, 5.41) is 9.23. The lowest BCUT2D eigenvalue weighted by Gasteiger charge is -2.04. The van der Waals surface area contributed by atoms with Gasteiger partial charge in [-0.05, 0) is 36.8 Å². The normalized spacial score (nSPS) is 10.8. The first-order valence-corrected chi connectivity index (χ1v) is 7.42. The van der Waals surface area contributed by atoms with Crippen LogP contribution in [0.4, 0.5) is 4.39 Å². The van der Waals surface area contributed by atoms with Gasteiger partial charge in [-0.25, -0.2) is 9.37 Å². The molecule has 0 unspecified atom stereocenters. The zero-order valence-electron chi connectivity index (χ0n) is 11.4. The minimum absolute atomic E-state index is 0.219. The number of benzene rings is 1. The maximum Gasteiger partial charge on any atom is 0.160 e. The summed E-state index contributed by atoms with van der Waals surface area (Å²) < 4.78 is 14.7. The van der Waals surface area contributed by atoms with Crippen LogP contribution in [0.5, 0.6) is 0 Å². The highest BCUT2D eigenvalue weighted by atomic mass is 32.2. The van der Waals surface area contributed by atoms with Gasteiger partial charge in [0, 0.05) is 18.1 Å². The Bertz CT molecular complexity index is 722. The van der Waals surface area contributed by atoms with E-state index in [4.69, 9.17) is 0 Å². The molecule has 0 bridgehead atoms. The van der Waals surface area contributed by atoms with Crippen LogP contribution in [0.2, 0.25) is 0 Å². The van der Waals surface area contributed by atoms with Crippen molar-refractivity contribution in [1.29, 1.82) is 0 Å². The molecule has 0 saturated heterocycles. The molecule has 3 aromatic rings. The summed E-state index contributed by atoms with van der Waals surface area (Å²) in [4.78, 5) is 4.16. The summed E-state index contributed by atoms with van der Waals surface area (Å²) >= 11 is 1.57. The number of imidazole rings is 1. The van der Waals surface area contributed by atoms with E-state index in [-0.39, 0.29) is 5.82 Å². The number of aryl methyl sites for hydroxylation is 1. The number of nitrogens with zero attached hydrogens (tertiary/aromatic N) is 4. The van der Waals surface area contributed by atoms with Crippen molar-refractivity contribution in [2.75, 3.05) is 0 Å². The Kier molecular flexibility index (Phi) is 3.96. The van der Waals surface area contributed by atoms with Gasteiger partial charge in [0.2, 0.25) is 0 Å². The zero-order valence-corrected chi connectivity index (χ0v) is 12.2. The van der Waals surface area contributed by atoms with Crippen LogP contribution in [0.25, 0.3) is 5.82 Å². The second kappa shape index (κ2) is 6.05. The predicted molar refractivity (Wildman–Crippen MR) is 79.9 cm³/mol. The highest BCUT2D eigenvalue weighted by Gasteiger charge is 2.04. The van der Waals surface area contributed by atoms with Gasteiger partial charge in [-0.15, -0.1) is 10.2 Å². The monoisotopic (exact) mass is 300 g/mol. The molecule has 4 nitrogen and oxygen atoms in total. The van der Waals surface area contributed by atoms with E-state index in [1.807, 2.05) is 29.8 Å². The molecule has 106 valence electrons. The van der Waals surface area contributed by atoms with E-state index in [1.165, 1.54) is 12.1 Å². The molecular weight excluding hydrogens is 287 g/mol. The van der Waals surface area contributed by atoms with Crippen molar-refractivity contribution in [1.82, 2.24) is 19.7 Å². The molecule has 0 aliphatic rings. The summed E-state index contributed by atoms with van der Waals surface area (Å²) in [6.45, 7) is 1.92. The third-order valence-corrected chi connectivity index (χ3v) is 3.99. The van der Waals surface area contributed by atoms with Crippen LogP contribution in [0.3, 0.4) is 0 Å². The van der Waals surface area contributed by atoms with Gasteiger partial charge in [0.25, 0.3) is 0 Å². The lowest BCUT2D eigenvalue weighted by Crippen LogP contribution is -2.00. The summed E-state index contributed by atoms with van der Waals surface area (Å²) in [5.41, 5.74) is 1.05. The molecule has 0 saturated carbocycles. The Morgan fingerprint density at radius 2 is 1.90 bits per heavy atom. The molecule has 0 N–H and O–H groups in total. The number of hydrogen-bond acceptors (Lipinski definition) is 4. The Balaban J connectivity index is 1.67. The van der Waals surface area contributed by atoms with Gasteiger partial charge >= 0.3 is 0 Å². The van der Waals surface area contributed by atoms with E-state index in [0.29, 0.717) is 0 Å². The van der Waals surface area contributed by atoms with Crippen LogP contribution in [-0.2, 0) is 5.75 Å². The topological polar surface area (TPSA) is 43.6 Å². The fourth-order valence-corrected chi connectivity index (χ4v) is 2.65. The van der Waals surface area contributed by atoms with Gasteiger partial charge in [-0.2, -0.15) is 0 Å². The van der Waals surface area contributed by atoms with Gasteiger partial charge < -0.3 is 0 Å². The number of aromatic nitrogens is 4. The van der Waals surface area contributed by atoms with Crippen molar-refractivity contribution in [3.05, 3.63) is 66.0 Å². The standard InChI is InChI=1S/C15H13FN4S/c1-11-17-8-9-20(11)14-6-7-15(19-18-14)21-10-12-2-4-13(16)5-3-12/h2-9H,10H2,1H3. The fraction of sp³-hybridized carbons (Fsp3) is 0.133. The van der Waals surface area contributed by atoms with Gasteiger partial charge in [-0.3, -0.25) is 4.57 Å². The Morgan fingerprint density at radius 1 is 1.10 bits per heavy atom. The second-order valence-corrected chi connectivity index (χ2v) is 5.48. The minimum Gasteiger partial charge on any atom is -0.287 e. The van der Waals surface area contributed by atoms with E-state index in [1.54, 1.807) is 30.1 Å². The summed E-state index contributed by atoms with van der Waals surface area (Å²) in [5.74, 6) is 2.13. The Morgan fingerprint density at radius 3 is 2.52 bits per heavy atom. The van der Waals surface area contributed by atoms with Gasteiger partial charge in [0.15, 0.2) is 5.82 Å².